The van der Waals surface area contributed by atoms with Gasteiger partial charge in [-0.25, -0.2) is 14.8 Å². The number of benzene rings is 3. The van der Waals surface area contributed by atoms with Crippen LogP contribution in [0, 0.1) is 0 Å². The first-order chi connectivity index (χ1) is 13.7. The molecule has 4 aromatic rings. The number of nitrogens with zero attached hydrogens (tertiary/aromatic N) is 2. The van der Waals surface area contributed by atoms with Crippen molar-refractivity contribution in [2.24, 2.45) is 0 Å². The van der Waals surface area contributed by atoms with Gasteiger partial charge in [0.15, 0.2) is 0 Å². The van der Waals surface area contributed by atoms with Gasteiger partial charge in [-0.2, -0.15) is 0 Å². The lowest BCUT2D eigenvalue weighted by Gasteiger charge is -2.10. The topological polar surface area (TPSA) is 61.3 Å². The van der Waals surface area contributed by atoms with Gasteiger partial charge in [-0.15, -0.1) is 0 Å². The van der Waals surface area contributed by atoms with E-state index in [-0.39, 0.29) is 12.4 Å². The molecule has 0 atom stereocenters. The van der Waals surface area contributed by atoms with Crippen LogP contribution in [0.1, 0.15) is 17.5 Å². The Bertz CT molecular complexity index is 1110. The number of hydrogen-bond donors (Lipinski definition) is 0. The fourth-order valence-electron chi connectivity index (χ4n) is 2.89. The van der Waals surface area contributed by atoms with E-state index < -0.39 is 5.97 Å². The number of rotatable bonds is 5. The second-order valence-electron chi connectivity index (χ2n) is 6.07. The van der Waals surface area contributed by atoms with Crippen LogP contribution in [0.15, 0.2) is 78.9 Å². The first-order valence-electron chi connectivity index (χ1n) is 9.02. The molecule has 4 rings (SSSR count). The summed E-state index contributed by atoms with van der Waals surface area (Å²) in [5.41, 5.74) is 2.24. The Morgan fingerprint density at radius 2 is 1.50 bits per heavy atom. The van der Waals surface area contributed by atoms with Crippen molar-refractivity contribution in [3.05, 3.63) is 84.7 Å². The number of carbonyl (C=O) groups excluding carboxylic acids is 1. The summed E-state index contributed by atoms with van der Waals surface area (Å²) < 4.78 is 10.9. The molecule has 5 heteroatoms. The highest BCUT2D eigenvalue weighted by Gasteiger charge is 2.16. The monoisotopic (exact) mass is 370 g/mol. The van der Waals surface area contributed by atoms with Gasteiger partial charge < -0.3 is 9.47 Å². The van der Waals surface area contributed by atoms with E-state index in [9.17, 15) is 4.79 Å². The summed E-state index contributed by atoms with van der Waals surface area (Å²) >= 11 is 0. The van der Waals surface area contributed by atoms with Gasteiger partial charge in [0.1, 0.15) is 11.5 Å². The van der Waals surface area contributed by atoms with E-state index in [4.69, 9.17) is 9.47 Å². The average Bonchev–Trinajstić information content (AvgIpc) is 2.74. The molecule has 138 valence electrons. The van der Waals surface area contributed by atoms with Crippen LogP contribution in [-0.2, 0) is 4.74 Å². The van der Waals surface area contributed by atoms with Crippen LogP contribution >= 0.6 is 0 Å². The highest BCUT2D eigenvalue weighted by Crippen LogP contribution is 2.29. The summed E-state index contributed by atoms with van der Waals surface area (Å²) in [7, 11) is 0. The number of carbonyl (C=O) groups is 1. The highest BCUT2D eigenvalue weighted by atomic mass is 16.5. The standard InChI is InChI=1S/C23H18N2O3/c1-2-27-23(26)22-24-20-11-7-6-10-19(20)21(25-22)16-12-14-18(15-13-16)28-17-8-4-3-5-9-17/h3-15H,2H2,1H3. The predicted molar refractivity (Wildman–Crippen MR) is 107 cm³/mol. The molecule has 0 spiro atoms. The van der Waals surface area contributed by atoms with Crippen LogP contribution in [0.4, 0.5) is 0 Å². The number of esters is 1. The van der Waals surface area contributed by atoms with Crippen LogP contribution in [0.2, 0.25) is 0 Å². The predicted octanol–water partition coefficient (Wildman–Crippen LogP) is 5.27. The van der Waals surface area contributed by atoms with Crippen molar-refractivity contribution >= 4 is 16.9 Å². The Labute approximate surface area is 162 Å². The second kappa shape index (κ2) is 7.88. The van der Waals surface area contributed by atoms with Crippen molar-refractivity contribution in [3.8, 4) is 22.8 Å². The number of para-hydroxylation sites is 2. The van der Waals surface area contributed by atoms with Crippen molar-refractivity contribution in [3.63, 3.8) is 0 Å². The Morgan fingerprint density at radius 1 is 0.821 bits per heavy atom. The van der Waals surface area contributed by atoms with E-state index in [1.165, 1.54) is 0 Å². The van der Waals surface area contributed by atoms with Crippen LogP contribution in [0.3, 0.4) is 0 Å². The zero-order chi connectivity index (χ0) is 19.3. The van der Waals surface area contributed by atoms with Gasteiger partial charge in [0, 0.05) is 10.9 Å². The molecule has 0 amide bonds. The molecule has 0 fully saturated rings. The molecule has 0 aliphatic rings. The summed E-state index contributed by atoms with van der Waals surface area (Å²) in [6, 6.07) is 24.8. The van der Waals surface area contributed by atoms with Gasteiger partial charge >= 0.3 is 5.97 Å². The minimum Gasteiger partial charge on any atom is -0.460 e. The molecular weight excluding hydrogens is 352 g/mol. The van der Waals surface area contributed by atoms with Gasteiger partial charge in [0.2, 0.25) is 5.82 Å². The zero-order valence-corrected chi connectivity index (χ0v) is 15.3. The third kappa shape index (κ3) is 3.69. The van der Waals surface area contributed by atoms with E-state index in [0.29, 0.717) is 11.2 Å². The molecule has 1 aromatic heterocycles. The third-order valence-electron chi connectivity index (χ3n) is 4.17. The van der Waals surface area contributed by atoms with Crippen molar-refractivity contribution in [2.45, 2.75) is 6.92 Å². The third-order valence-corrected chi connectivity index (χ3v) is 4.17. The lowest BCUT2D eigenvalue weighted by molar-refractivity contribution is 0.0512. The minimum atomic E-state index is -0.529. The number of aromatic nitrogens is 2. The molecule has 0 bridgehead atoms. The van der Waals surface area contributed by atoms with Gasteiger partial charge in [-0.3, -0.25) is 0 Å². The molecule has 0 radical (unpaired) electrons. The number of ether oxygens (including phenoxy) is 2. The molecule has 0 aliphatic carbocycles. The normalized spacial score (nSPS) is 10.6. The summed E-state index contributed by atoms with van der Waals surface area (Å²) in [5.74, 6) is 1.02. The quantitative estimate of drug-likeness (QED) is 0.448. The molecule has 3 aromatic carbocycles. The molecule has 5 nitrogen and oxygen atoms in total. The lowest BCUT2D eigenvalue weighted by Crippen LogP contribution is -2.10. The van der Waals surface area contributed by atoms with Gasteiger partial charge in [-0.05, 0) is 49.4 Å². The number of hydrogen-bond acceptors (Lipinski definition) is 5. The van der Waals surface area contributed by atoms with Crippen LogP contribution < -0.4 is 4.74 Å². The summed E-state index contributed by atoms with van der Waals surface area (Å²) in [4.78, 5) is 21.0. The Kier molecular flexibility index (Phi) is 4.97. The molecule has 28 heavy (non-hydrogen) atoms. The molecular formula is C23H18N2O3. The average molecular weight is 370 g/mol. The first-order valence-corrected chi connectivity index (χ1v) is 9.02. The maximum Gasteiger partial charge on any atom is 0.376 e. The Morgan fingerprint density at radius 3 is 2.25 bits per heavy atom. The van der Waals surface area contributed by atoms with Gasteiger partial charge in [0.05, 0.1) is 17.8 Å². The highest BCUT2D eigenvalue weighted by molar-refractivity contribution is 5.96. The fourth-order valence-corrected chi connectivity index (χ4v) is 2.89. The van der Waals surface area contributed by atoms with E-state index in [1.54, 1.807) is 6.92 Å². The van der Waals surface area contributed by atoms with Gasteiger partial charge in [-0.1, -0.05) is 36.4 Å². The Balaban J connectivity index is 1.72. The SMILES string of the molecule is CCOC(=O)c1nc(-c2ccc(Oc3ccccc3)cc2)c2ccccc2n1. The van der Waals surface area contributed by atoms with E-state index in [2.05, 4.69) is 9.97 Å². The molecule has 0 aliphatic heterocycles. The largest absolute Gasteiger partial charge is 0.460 e. The van der Waals surface area contributed by atoms with E-state index in [1.807, 2.05) is 78.9 Å². The molecule has 0 saturated carbocycles. The fraction of sp³-hybridized carbons (Fsp3) is 0.0870. The zero-order valence-electron chi connectivity index (χ0n) is 15.3. The van der Waals surface area contributed by atoms with Crippen molar-refractivity contribution in [2.75, 3.05) is 6.61 Å². The van der Waals surface area contributed by atoms with Crippen molar-refractivity contribution in [1.29, 1.82) is 0 Å². The van der Waals surface area contributed by atoms with E-state index in [0.717, 1.165) is 22.4 Å². The lowest BCUT2D eigenvalue weighted by atomic mass is 10.1. The molecule has 0 N–H and O–H groups in total. The molecule has 0 saturated heterocycles. The second-order valence-corrected chi connectivity index (χ2v) is 6.07. The Hall–Kier alpha value is -3.73. The maximum absolute atomic E-state index is 12.2. The molecule has 1 heterocycles. The maximum atomic E-state index is 12.2. The van der Waals surface area contributed by atoms with Crippen LogP contribution in [-0.4, -0.2) is 22.5 Å². The summed E-state index contributed by atoms with van der Waals surface area (Å²) in [5, 5.41) is 0.868. The van der Waals surface area contributed by atoms with Crippen molar-refractivity contribution < 1.29 is 14.3 Å². The summed E-state index contributed by atoms with van der Waals surface area (Å²) in [6.45, 7) is 2.03. The van der Waals surface area contributed by atoms with E-state index >= 15 is 0 Å². The van der Waals surface area contributed by atoms with Crippen LogP contribution in [0.25, 0.3) is 22.2 Å². The van der Waals surface area contributed by atoms with Gasteiger partial charge in [0.25, 0.3) is 0 Å². The molecule has 0 unspecified atom stereocenters. The first kappa shape index (κ1) is 17.7. The number of fused-ring (bicyclic) bond motifs is 1. The minimum absolute atomic E-state index is 0.0557. The van der Waals surface area contributed by atoms with Crippen LogP contribution in [0.5, 0.6) is 11.5 Å². The summed E-state index contributed by atoms with van der Waals surface area (Å²) in [6.07, 6.45) is 0. The smallest absolute Gasteiger partial charge is 0.376 e. The van der Waals surface area contributed by atoms with Crippen molar-refractivity contribution in [1.82, 2.24) is 9.97 Å².